The Hall–Kier alpha value is -2.21. The Kier molecular flexibility index (Phi) is 4.07. The SMILES string of the molecule is Cc1c(F)cccc1NC(=S)N1CC2CC(C1)c1cccc(=O)n1C2. The Labute approximate surface area is 151 Å². The summed E-state index contributed by atoms with van der Waals surface area (Å²) >= 11 is 5.59. The number of thiocarbonyl (C=S) groups is 1. The zero-order chi connectivity index (χ0) is 17.6. The molecule has 3 heterocycles. The number of fused-ring (bicyclic) bond motifs is 4. The maximum atomic E-state index is 13.7. The van der Waals surface area contributed by atoms with Gasteiger partial charge < -0.3 is 14.8 Å². The zero-order valence-electron chi connectivity index (χ0n) is 14.0. The Morgan fingerprint density at radius 3 is 2.84 bits per heavy atom. The Morgan fingerprint density at radius 1 is 1.20 bits per heavy atom. The number of hydrogen-bond acceptors (Lipinski definition) is 2. The van der Waals surface area contributed by atoms with Gasteiger partial charge in [-0.15, -0.1) is 0 Å². The number of likely N-dealkylation sites (tertiary alicyclic amines) is 1. The standard InChI is InChI=1S/C19H20FN3OS/c1-12-15(20)4-2-5-16(12)21-19(25)22-9-13-8-14(11-22)17-6-3-7-18(24)23(17)10-13/h2-7,13-14H,8-11H2,1H3,(H,21,25). The van der Waals surface area contributed by atoms with Gasteiger partial charge in [0.25, 0.3) is 5.56 Å². The minimum Gasteiger partial charge on any atom is -0.348 e. The largest absolute Gasteiger partial charge is 0.348 e. The summed E-state index contributed by atoms with van der Waals surface area (Å²) in [4.78, 5) is 14.2. The maximum absolute atomic E-state index is 13.7. The highest BCUT2D eigenvalue weighted by atomic mass is 32.1. The smallest absolute Gasteiger partial charge is 0.250 e. The lowest BCUT2D eigenvalue weighted by molar-refractivity contribution is 0.180. The predicted octanol–water partition coefficient (Wildman–Crippen LogP) is 3.11. The molecule has 2 aliphatic heterocycles. The Bertz CT molecular complexity index is 894. The Morgan fingerprint density at radius 2 is 2.00 bits per heavy atom. The van der Waals surface area contributed by atoms with Gasteiger partial charge in [-0.05, 0) is 49.7 Å². The van der Waals surface area contributed by atoms with Crippen molar-refractivity contribution < 1.29 is 4.39 Å². The molecule has 2 aliphatic rings. The van der Waals surface area contributed by atoms with Crippen molar-refractivity contribution in [2.45, 2.75) is 25.8 Å². The van der Waals surface area contributed by atoms with Crippen molar-refractivity contribution in [1.82, 2.24) is 9.47 Å². The molecule has 0 radical (unpaired) electrons. The summed E-state index contributed by atoms with van der Waals surface area (Å²) < 4.78 is 15.6. The van der Waals surface area contributed by atoms with Crippen molar-refractivity contribution in [1.29, 1.82) is 0 Å². The molecule has 1 aromatic heterocycles. The van der Waals surface area contributed by atoms with E-state index in [-0.39, 0.29) is 11.4 Å². The van der Waals surface area contributed by atoms with Gasteiger partial charge >= 0.3 is 0 Å². The number of hydrogen-bond donors (Lipinski definition) is 1. The first-order chi connectivity index (χ1) is 12.0. The molecule has 0 saturated carbocycles. The maximum Gasteiger partial charge on any atom is 0.250 e. The topological polar surface area (TPSA) is 37.3 Å². The van der Waals surface area contributed by atoms with Crippen LogP contribution in [0.5, 0.6) is 0 Å². The number of piperidine rings is 1. The van der Waals surface area contributed by atoms with Crippen molar-refractivity contribution in [2.24, 2.45) is 5.92 Å². The summed E-state index contributed by atoms with van der Waals surface area (Å²) in [6.45, 7) is 4.08. The van der Waals surface area contributed by atoms with Crippen molar-refractivity contribution in [3.63, 3.8) is 0 Å². The van der Waals surface area contributed by atoms with E-state index in [0.717, 1.165) is 31.7 Å². The molecule has 25 heavy (non-hydrogen) atoms. The highest BCUT2D eigenvalue weighted by molar-refractivity contribution is 7.80. The van der Waals surface area contributed by atoms with Crippen LogP contribution in [0.2, 0.25) is 0 Å². The molecule has 4 rings (SSSR count). The van der Waals surface area contributed by atoms with Crippen LogP contribution in [0.1, 0.15) is 23.6 Å². The van der Waals surface area contributed by atoms with E-state index in [2.05, 4.69) is 10.2 Å². The van der Waals surface area contributed by atoms with E-state index in [1.165, 1.54) is 6.07 Å². The van der Waals surface area contributed by atoms with Crippen LogP contribution in [0.15, 0.2) is 41.2 Å². The number of benzene rings is 1. The van der Waals surface area contributed by atoms with Gasteiger partial charge in [0.2, 0.25) is 0 Å². The van der Waals surface area contributed by atoms with Crippen molar-refractivity contribution in [2.75, 3.05) is 18.4 Å². The second kappa shape index (κ2) is 6.26. The molecule has 1 aromatic carbocycles. The summed E-state index contributed by atoms with van der Waals surface area (Å²) in [5, 5.41) is 3.81. The summed E-state index contributed by atoms with van der Waals surface area (Å²) in [5.74, 6) is 0.464. The van der Waals surface area contributed by atoms with Gasteiger partial charge in [-0.1, -0.05) is 12.1 Å². The van der Waals surface area contributed by atoms with Gasteiger partial charge in [-0.2, -0.15) is 0 Å². The molecular weight excluding hydrogens is 337 g/mol. The van der Waals surface area contributed by atoms with Gasteiger partial charge in [-0.25, -0.2) is 4.39 Å². The van der Waals surface area contributed by atoms with E-state index in [1.54, 1.807) is 19.1 Å². The number of pyridine rings is 1. The fourth-order valence-electron chi connectivity index (χ4n) is 4.00. The normalized spacial score (nSPS) is 21.6. The van der Waals surface area contributed by atoms with Crippen molar-refractivity contribution in [3.05, 3.63) is 63.8 Å². The molecule has 2 atom stereocenters. The second-order valence-electron chi connectivity index (χ2n) is 6.95. The van der Waals surface area contributed by atoms with Gasteiger partial charge in [0.15, 0.2) is 5.11 Å². The molecule has 4 nitrogen and oxygen atoms in total. The quantitative estimate of drug-likeness (QED) is 0.796. The number of nitrogens with zero attached hydrogens (tertiary/aromatic N) is 2. The molecule has 6 heteroatoms. The number of rotatable bonds is 1. The first kappa shape index (κ1) is 16.3. The highest BCUT2D eigenvalue weighted by Crippen LogP contribution is 2.35. The number of aromatic nitrogens is 1. The van der Waals surface area contributed by atoms with Gasteiger partial charge in [-0.3, -0.25) is 4.79 Å². The van der Waals surface area contributed by atoms with Crippen LogP contribution >= 0.6 is 12.2 Å². The van der Waals surface area contributed by atoms with Gasteiger partial charge in [0.1, 0.15) is 5.82 Å². The van der Waals surface area contributed by atoms with Gasteiger partial charge in [0.05, 0.1) is 0 Å². The molecule has 0 aliphatic carbocycles. The van der Waals surface area contributed by atoms with E-state index in [4.69, 9.17) is 12.2 Å². The van der Waals surface area contributed by atoms with E-state index in [1.807, 2.05) is 22.8 Å². The molecular formula is C19H20FN3OS. The Balaban J connectivity index is 1.55. The fourth-order valence-corrected chi connectivity index (χ4v) is 4.26. The molecule has 130 valence electrons. The minimum atomic E-state index is -0.239. The minimum absolute atomic E-state index is 0.0803. The van der Waals surface area contributed by atoms with Gasteiger partial charge in [0, 0.05) is 48.6 Å². The number of anilines is 1. The van der Waals surface area contributed by atoms with Crippen LogP contribution in [0.4, 0.5) is 10.1 Å². The van der Waals surface area contributed by atoms with E-state index in [0.29, 0.717) is 28.2 Å². The lowest BCUT2D eigenvalue weighted by Crippen LogP contribution is -2.50. The lowest BCUT2D eigenvalue weighted by Gasteiger charge is -2.43. The van der Waals surface area contributed by atoms with Crippen LogP contribution in [0, 0.1) is 18.7 Å². The zero-order valence-corrected chi connectivity index (χ0v) is 14.9. The summed E-state index contributed by atoms with van der Waals surface area (Å²) in [7, 11) is 0. The van der Waals surface area contributed by atoms with E-state index in [9.17, 15) is 9.18 Å². The third-order valence-corrected chi connectivity index (χ3v) is 5.64. The first-order valence-electron chi connectivity index (χ1n) is 8.53. The third-order valence-electron chi connectivity index (χ3n) is 5.28. The van der Waals surface area contributed by atoms with Crippen LogP contribution in [-0.4, -0.2) is 27.7 Å². The molecule has 2 bridgehead atoms. The summed E-state index contributed by atoms with van der Waals surface area (Å²) in [6, 6.07) is 10.5. The number of nitrogens with one attached hydrogen (secondary N) is 1. The van der Waals surface area contributed by atoms with E-state index >= 15 is 0 Å². The highest BCUT2D eigenvalue weighted by Gasteiger charge is 2.35. The predicted molar refractivity (Wildman–Crippen MR) is 100 cm³/mol. The fraction of sp³-hybridized carbons (Fsp3) is 0.368. The molecule has 1 saturated heterocycles. The van der Waals surface area contributed by atoms with Crippen LogP contribution in [0.25, 0.3) is 0 Å². The average molecular weight is 357 g/mol. The molecule has 1 fully saturated rings. The molecule has 0 spiro atoms. The number of halogens is 1. The molecule has 1 N–H and O–H groups in total. The van der Waals surface area contributed by atoms with E-state index < -0.39 is 0 Å². The summed E-state index contributed by atoms with van der Waals surface area (Å²) in [6.07, 6.45) is 1.08. The molecule has 2 aromatic rings. The van der Waals surface area contributed by atoms with Crippen LogP contribution < -0.4 is 10.9 Å². The second-order valence-corrected chi connectivity index (χ2v) is 7.33. The lowest BCUT2D eigenvalue weighted by atomic mass is 9.83. The third kappa shape index (κ3) is 2.95. The van der Waals surface area contributed by atoms with Crippen molar-refractivity contribution >= 4 is 23.0 Å². The first-order valence-corrected chi connectivity index (χ1v) is 8.94. The van der Waals surface area contributed by atoms with Crippen molar-refractivity contribution in [3.8, 4) is 0 Å². The monoisotopic (exact) mass is 357 g/mol. The van der Waals surface area contributed by atoms with Crippen LogP contribution in [0.3, 0.4) is 0 Å². The summed E-state index contributed by atoms with van der Waals surface area (Å²) in [5.41, 5.74) is 2.45. The average Bonchev–Trinajstić information content (AvgIpc) is 2.60. The molecule has 2 unspecified atom stereocenters. The van der Waals surface area contributed by atoms with Crippen LogP contribution in [-0.2, 0) is 6.54 Å². The molecule has 0 amide bonds.